The summed E-state index contributed by atoms with van der Waals surface area (Å²) in [6.07, 6.45) is 0. The molecule has 0 unspecified atom stereocenters. The van der Waals surface area contributed by atoms with Gasteiger partial charge in [-0.1, -0.05) is 0 Å². The van der Waals surface area contributed by atoms with E-state index in [4.69, 9.17) is 4.74 Å². The largest absolute Gasteiger partial charge is 2.00 e. The maximum Gasteiger partial charge on any atom is 2.00 e. The van der Waals surface area contributed by atoms with Crippen molar-refractivity contribution in [2.45, 2.75) is 6.61 Å². The Bertz CT molecular complexity index is 459. The molecule has 0 saturated carbocycles. The van der Waals surface area contributed by atoms with Gasteiger partial charge in [0.1, 0.15) is 11.6 Å². The zero-order valence-corrected chi connectivity index (χ0v) is 12.5. The maximum absolute atomic E-state index is 12.9. The molecule has 5 heteroatoms. The molecular weight excluding hydrogens is 314 g/mol. The van der Waals surface area contributed by atoms with Gasteiger partial charge < -0.3 is 21.7 Å². The minimum atomic E-state index is -0.599. The molecule has 2 aromatic rings. The summed E-state index contributed by atoms with van der Waals surface area (Å²) in [7, 11) is 0. The van der Waals surface area contributed by atoms with Crippen LogP contribution in [0.25, 0.3) is 0 Å². The van der Waals surface area contributed by atoms with E-state index in [1.54, 1.807) is 24.3 Å². The molecule has 90 valence electrons. The Morgan fingerprint density at radius 3 is 2.33 bits per heavy atom. The van der Waals surface area contributed by atoms with Gasteiger partial charge in [0, 0.05) is 11.8 Å². The Kier molecular flexibility index (Phi) is 8.14. The maximum atomic E-state index is 12.9. The summed E-state index contributed by atoms with van der Waals surface area (Å²) in [5.74, 6) is -0.580. The van der Waals surface area contributed by atoms with Gasteiger partial charge in [0.2, 0.25) is 0 Å². The van der Waals surface area contributed by atoms with E-state index in [0.29, 0.717) is 11.3 Å². The van der Waals surface area contributed by atoms with E-state index < -0.39 is 11.6 Å². The molecule has 2 rings (SSSR count). The van der Waals surface area contributed by atoms with Crippen LogP contribution in [0.15, 0.2) is 42.5 Å². The predicted octanol–water partition coefficient (Wildman–Crippen LogP) is -0.0328. The minimum Gasteiger partial charge on any atom is -1.00 e. The Hall–Kier alpha value is -0.654. The molecule has 2 aromatic carbocycles. The van der Waals surface area contributed by atoms with Crippen LogP contribution in [-0.2, 0) is 6.61 Å². The summed E-state index contributed by atoms with van der Waals surface area (Å²) < 4.78 is 31.0. The predicted molar refractivity (Wildman–Crippen MR) is 61.7 cm³/mol. The minimum absolute atomic E-state index is 0. The first-order valence-corrected chi connectivity index (χ1v) is 4.78. The molecule has 0 heterocycles. The van der Waals surface area contributed by atoms with Gasteiger partial charge in [-0.3, -0.25) is 0 Å². The first kappa shape index (κ1) is 17.3. The van der Waals surface area contributed by atoms with Crippen LogP contribution in [-0.4, -0.2) is 23.1 Å². The molecule has 0 fully saturated rings. The summed E-state index contributed by atoms with van der Waals surface area (Å²) in [6.45, 7) is 0.131. The molecule has 0 aromatic heterocycles. The summed E-state index contributed by atoms with van der Waals surface area (Å²) in [6, 6.07) is 13.1. The van der Waals surface area contributed by atoms with E-state index in [-0.39, 0.29) is 46.6 Å². The number of ether oxygens (including phenoxy) is 1. The van der Waals surface area contributed by atoms with Crippen molar-refractivity contribution in [1.82, 2.24) is 0 Å². The topological polar surface area (TPSA) is 9.23 Å². The smallest absolute Gasteiger partial charge is 1.00 e. The average molecular weight is 323 g/mol. The molecule has 0 aliphatic carbocycles. The summed E-state index contributed by atoms with van der Waals surface area (Å²) in [5.41, 5.74) is 0.460. The van der Waals surface area contributed by atoms with Crippen molar-refractivity contribution in [3.8, 4) is 5.75 Å². The van der Waals surface area contributed by atoms with Gasteiger partial charge in [-0.05, 0) is 17.7 Å². The van der Waals surface area contributed by atoms with Crippen molar-refractivity contribution in [2.75, 3.05) is 0 Å². The van der Waals surface area contributed by atoms with E-state index in [1.165, 1.54) is 12.1 Å². The Balaban J connectivity index is 0.00000144. The van der Waals surface area contributed by atoms with Gasteiger partial charge in [0.05, 0.1) is 6.61 Å². The van der Waals surface area contributed by atoms with Crippen molar-refractivity contribution >= 4 is 23.1 Å². The standard InChI is InChI=1S/C13H9F2O.BrH.Mg/c14-11-6-10(7-12(15)8-11)9-16-13-4-2-1-3-5-13;;/h1-2,4-8H,9H2;1H;/q-1;;+2/p-1. The summed E-state index contributed by atoms with van der Waals surface area (Å²) >= 11 is 0. The van der Waals surface area contributed by atoms with E-state index in [0.717, 1.165) is 6.07 Å². The first-order valence-electron chi connectivity index (χ1n) is 4.78. The molecular formula is C13H9BrF2MgO. The molecule has 0 spiro atoms. The van der Waals surface area contributed by atoms with Crippen molar-refractivity contribution in [3.05, 3.63) is 65.7 Å². The van der Waals surface area contributed by atoms with Crippen molar-refractivity contribution in [3.63, 3.8) is 0 Å². The van der Waals surface area contributed by atoms with Crippen molar-refractivity contribution in [2.24, 2.45) is 0 Å². The van der Waals surface area contributed by atoms with Gasteiger partial charge in [-0.15, -0.1) is 12.1 Å². The molecule has 0 bridgehead atoms. The monoisotopic (exact) mass is 322 g/mol. The van der Waals surface area contributed by atoms with Crippen LogP contribution in [0.1, 0.15) is 5.56 Å². The Morgan fingerprint density at radius 1 is 1.11 bits per heavy atom. The zero-order valence-electron chi connectivity index (χ0n) is 9.50. The van der Waals surface area contributed by atoms with Gasteiger partial charge >= 0.3 is 23.1 Å². The molecule has 0 N–H and O–H groups in total. The number of benzene rings is 2. The summed E-state index contributed by atoms with van der Waals surface area (Å²) in [5, 5.41) is 0. The second-order valence-corrected chi connectivity index (χ2v) is 3.31. The van der Waals surface area contributed by atoms with E-state index >= 15 is 0 Å². The molecule has 18 heavy (non-hydrogen) atoms. The van der Waals surface area contributed by atoms with Crippen LogP contribution < -0.4 is 21.7 Å². The molecule has 0 atom stereocenters. The van der Waals surface area contributed by atoms with Gasteiger partial charge in [-0.2, -0.15) is 18.2 Å². The average Bonchev–Trinajstić information content (AvgIpc) is 2.27. The Morgan fingerprint density at radius 2 is 1.78 bits per heavy atom. The van der Waals surface area contributed by atoms with Crippen LogP contribution in [0.3, 0.4) is 0 Å². The van der Waals surface area contributed by atoms with Crippen LogP contribution >= 0.6 is 0 Å². The third-order valence-electron chi connectivity index (χ3n) is 2.01. The number of hydrogen-bond donors (Lipinski definition) is 0. The van der Waals surface area contributed by atoms with Gasteiger partial charge in [-0.25, -0.2) is 8.78 Å². The molecule has 0 aliphatic rings. The fourth-order valence-electron chi connectivity index (χ4n) is 1.33. The fourth-order valence-corrected chi connectivity index (χ4v) is 1.33. The number of hydrogen-bond acceptors (Lipinski definition) is 1. The molecule has 0 amide bonds. The normalized spacial score (nSPS) is 9.00. The number of halogens is 3. The second-order valence-electron chi connectivity index (χ2n) is 3.31. The number of rotatable bonds is 3. The molecule has 0 saturated heterocycles. The summed E-state index contributed by atoms with van der Waals surface area (Å²) in [4.78, 5) is 0. The fraction of sp³-hybridized carbons (Fsp3) is 0.0769. The van der Waals surface area contributed by atoms with Crippen LogP contribution in [0, 0.1) is 17.7 Å². The zero-order chi connectivity index (χ0) is 11.4. The van der Waals surface area contributed by atoms with Crippen molar-refractivity contribution in [1.29, 1.82) is 0 Å². The van der Waals surface area contributed by atoms with E-state index in [1.807, 2.05) is 0 Å². The Labute approximate surface area is 131 Å². The van der Waals surface area contributed by atoms with E-state index in [9.17, 15) is 8.78 Å². The molecule has 0 radical (unpaired) electrons. The quantitative estimate of drug-likeness (QED) is 0.569. The third kappa shape index (κ3) is 5.33. The van der Waals surface area contributed by atoms with Gasteiger partial charge in [0.25, 0.3) is 0 Å². The molecule has 1 nitrogen and oxygen atoms in total. The van der Waals surface area contributed by atoms with E-state index in [2.05, 4.69) is 6.07 Å². The third-order valence-corrected chi connectivity index (χ3v) is 2.01. The first-order chi connectivity index (χ1) is 7.74. The van der Waals surface area contributed by atoms with Gasteiger partial charge in [0.15, 0.2) is 0 Å². The SMILES string of the molecule is Fc1cc(F)cc(COc2c[c-]ccc2)c1.[Br-].[Mg+2]. The van der Waals surface area contributed by atoms with Crippen LogP contribution in [0.4, 0.5) is 8.78 Å². The van der Waals surface area contributed by atoms with Crippen LogP contribution in [0.2, 0.25) is 0 Å². The van der Waals surface area contributed by atoms with Crippen LogP contribution in [0.5, 0.6) is 5.75 Å². The van der Waals surface area contributed by atoms with Crippen molar-refractivity contribution < 1.29 is 30.5 Å². The second kappa shape index (κ2) is 8.45. The molecule has 0 aliphatic heterocycles.